The first kappa shape index (κ1) is 20.8. The van der Waals surface area contributed by atoms with Crippen molar-refractivity contribution in [3.05, 3.63) is 57.0 Å². The van der Waals surface area contributed by atoms with Gasteiger partial charge >= 0.3 is 0 Å². The predicted molar refractivity (Wildman–Crippen MR) is 123 cm³/mol. The fraction of sp³-hybridized carbons (Fsp3) is 0.458. The molecule has 0 bridgehead atoms. The molecule has 1 aromatic carbocycles. The lowest BCUT2D eigenvalue weighted by Gasteiger charge is -2.33. The molecular weight excluding hydrogens is 394 g/mol. The standard InChI is InChI=1S/C24H29N3O2S/c1-14-8-6-7-9-18(14)26-21(28)15(2)27-13-25-22-20(23(27)29)17-11-10-16(24(3,4)5)12-19(17)30-22/h6-9,13,15-16H,10-12H2,1-5H3,(H,26,28)/t15-,16+/m0/s1. The third-order valence-electron chi connectivity index (χ3n) is 6.42. The molecule has 5 nitrogen and oxygen atoms in total. The molecule has 1 N–H and O–H groups in total. The Bertz CT molecular complexity index is 1170. The van der Waals surface area contributed by atoms with E-state index in [9.17, 15) is 9.59 Å². The van der Waals surface area contributed by atoms with Crippen LogP contribution in [-0.2, 0) is 17.6 Å². The van der Waals surface area contributed by atoms with Gasteiger partial charge in [0.2, 0.25) is 5.91 Å². The van der Waals surface area contributed by atoms with E-state index < -0.39 is 6.04 Å². The molecule has 2 heterocycles. The van der Waals surface area contributed by atoms with Crippen LogP contribution in [0.25, 0.3) is 10.2 Å². The van der Waals surface area contributed by atoms with Crippen molar-refractivity contribution in [3.8, 4) is 0 Å². The first-order valence-electron chi connectivity index (χ1n) is 10.5. The molecular formula is C24H29N3O2S. The molecule has 0 saturated heterocycles. The highest BCUT2D eigenvalue weighted by Crippen LogP contribution is 2.42. The van der Waals surface area contributed by atoms with Crippen LogP contribution in [0.3, 0.4) is 0 Å². The zero-order valence-electron chi connectivity index (χ0n) is 18.3. The average Bonchev–Trinajstić information content (AvgIpc) is 3.07. The van der Waals surface area contributed by atoms with Crippen molar-refractivity contribution >= 4 is 33.1 Å². The number of benzene rings is 1. The number of hydrogen-bond acceptors (Lipinski definition) is 4. The summed E-state index contributed by atoms with van der Waals surface area (Å²) < 4.78 is 1.47. The summed E-state index contributed by atoms with van der Waals surface area (Å²) in [6, 6.07) is 6.99. The van der Waals surface area contributed by atoms with E-state index in [1.54, 1.807) is 18.3 Å². The van der Waals surface area contributed by atoms with E-state index in [2.05, 4.69) is 31.1 Å². The maximum atomic E-state index is 13.4. The zero-order chi connectivity index (χ0) is 21.6. The summed E-state index contributed by atoms with van der Waals surface area (Å²) in [4.78, 5) is 32.8. The molecule has 0 radical (unpaired) electrons. The number of carbonyl (C=O) groups excluding carboxylic acids is 1. The molecule has 4 rings (SSSR count). The first-order chi connectivity index (χ1) is 14.2. The number of nitrogens with zero attached hydrogens (tertiary/aromatic N) is 2. The largest absolute Gasteiger partial charge is 0.324 e. The van der Waals surface area contributed by atoms with Gasteiger partial charge in [0.15, 0.2) is 0 Å². The summed E-state index contributed by atoms with van der Waals surface area (Å²) in [6.07, 6.45) is 4.51. The number of fused-ring (bicyclic) bond motifs is 3. The van der Waals surface area contributed by atoms with E-state index >= 15 is 0 Å². The Kier molecular flexibility index (Phi) is 5.30. The van der Waals surface area contributed by atoms with Gasteiger partial charge in [-0.25, -0.2) is 4.98 Å². The number of rotatable bonds is 3. The topological polar surface area (TPSA) is 64.0 Å². The zero-order valence-corrected chi connectivity index (χ0v) is 19.1. The van der Waals surface area contributed by atoms with Crippen LogP contribution >= 0.6 is 11.3 Å². The fourth-order valence-electron chi connectivity index (χ4n) is 4.27. The van der Waals surface area contributed by atoms with Crippen molar-refractivity contribution in [2.75, 3.05) is 5.32 Å². The monoisotopic (exact) mass is 423 g/mol. The average molecular weight is 424 g/mol. The molecule has 1 amide bonds. The minimum absolute atomic E-state index is 0.112. The van der Waals surface area contributed by atoms with Crippen molar-refractivity contribution in [2.24, 2.45) is 11.3 Å². The molecule has 3 aromatic rings. The lowest BCUT2D eigenvalue weighted by atomic mass is 9.72. The third kappa shape index (κ3) is 3.69. The highest BCUT2D eigenvalue weighted by Gasteiger charge is 2.32. The Labute approximate surface area is 181 Å². The number of carbonyl (C=O) groups is 1. The molecule has 0 saturated carbocycles. The Morgan fingerprint density at radius 1 is 1.30 bits per heavy atom. The summed E-state index contributed by atoms with van der Waals surface area (Å²) in [7, 11) is 0. The minimum atomic E-state index is -0.643. The summed E-state index contributed by atoms with van der Waals surface area (Å²) in [5.74, 6) is 0.392. The lowest BCUT2D eigenvalue weighted by Crippen LogP contribution is -2.32. The van der Waals surface area contributed by atoms with Crippen LogP contribution in [0.4, 0.5) is 5.69 Å². The second-order valence-corrected chi connectivity index (χ2v) is 10.5. The first-order valence-corrected chi connectivity index (χ1v) is 11.4. The van der Waals surface area contributed by atoms with Gasteiger partial charge in [0, 0.05) is 10.6 Å². The smallest absolute Gasteiger partial charge is 0.263 e. The van der Waals surface area contributed by atoms with Crippen LogP contribution in [0.2, 0.25) is 0 Å². The van der Waals surface area contributed by atoms with Crippen LogP contribution in [0, 0.1) is 18.3 Å². The molecule has 1 aliphatic carbocycles. The second-order valence-electron chi connectivity index (χ2n) is 9.43. The molecule has 6 heteroatoms. The van der Waals surface area contributed by atoms with Gasteiger partial charge < -0.3 is 5.32 Å². The van der Waals surface area contributed by atoms with Gasteiger partial charge in [-0.15, -0.1) is 11.3 Å². The summed E-state index contributed by atoms with van der Waals surface area (Å²) in [6.45, 7) is 10.6. The summed E-state index contributed by atoms with van der Waals surface area (Å²) in [5, 5.41) is 3.65. The van der Waals surface area contributed by atoms with Crippen molar-refractivity contribution in [1.29, 1.82) is 0 Å². The quantitative estimate of drug-likeness (QED) is 0.636. The Balaban J connectivity index is 1.66. The van der Waals surface area contributed by atoms with Gasteiger partial charge in [-0.1, -0.05) is 39.0 Å². The highest BCUT2D eigenvalue weighted by atomic mass is 32.1. The number of thiophene rings is 1. The van der Waals surface area contributed by atoms with Gasteiger partial charge in [0.25, 0.3) is 5.56 Å². The van der Waals surface area contributed by atoms with Gasteiger partial charge in [0.05, 0.1) is 11.7 Å². The van der Waals surface area contributed by atoms with Gasteiger partial charge in [-0.2, -0.15) is 0 Å². The summed E-state index contributed by atoms with van der Waals surface area (Å²) >= 11 is 1.64. The molecule has 0 unspecified atom stereocenters. The van der Waals surface area contributed by atoms with Gasteiger partial charge in [-0.3, -0.25) is 14.2 Å². The molecule has 30 heavy (non-hydrogen) atoms. The Morgan fingerprint density at radius 2 is 2.03 bits per heavy atom. The van der Waals surface area contributed by atoms with Crippen molar-refractivity contribution in [3.63, 3.8) is 0 Å². The number of anilines is 1. The number of amides is 1. The molecule has 2 aromatic heterocycles. The molecule has 0 fully saturated rings. The van der Waals surface area contributed by atoms with E-state index in [-0.39, 0.29) is 16.9 Å². The lowest BCUT2D eigenvalue weighted by molar-refractivity contribution is -0.118. The van der Waals surface area contributed by atoms with Gasteiger partial charge in [-0.05, 0) is 61.6 Å². The van der Waals surface area contributed by atoms with E-state index in [1.807, 2.05) is 31.2 Å². The van der Waals surface area contributed by atoms with Crippen molar-refractivity contribution in [2.45, 2.75) is 59.9 Å². The van der Waals surface area contributed by atoms with E-state index in [4.69, 9.17) is 0 Å². The minimum Gasteiger partial charge on any atom is -0.324 e. The van der Waals surface area contributed by atoms with Crippen LogP contribution in [-0.4, -0.2) is 15.5 Å². The molecule has 0 spiro atoms. The van der Waals surface area contributed by atoms with Crippen molar-refractivity contribution in [1.82, 2.24) is 9.55 Å². The molecule has 0 aliphatic heterocycles. The number of aromatic nitrogens is 2. The highest BCUT2D eigenvalue weighted by molar-refractivity contribution is 7.18. The van der Waals surface area contributed by atoms with Crippen LogP contribution in [0.15, 0.2) is 35.4 Å². The summed E-state index contributed by atoms with van der Waals surface area (Å²) in [5.41, 5.74) is 3.04. The fourth-order valence-corrected chi connectivity index (χ4v) is 5.53. The normalized spacial score (nSPS) is 17.6. The van der Waals surface area contributed by atoms with Crippen molar-refractivity contribution < 1.29 is 4.79 Å². The number of para-hydroxylation sites is 1. The van der Waals surface area contributed by atoms with Crippen LogP contribution in [0.5, 0.6) is 0 Å². The predicted octanol–water partition coefficient (Wildman–Crippen LogP) is 5.12. The number of nitrogens with one attached hydrogen (secondary N) is 1. The van der Waals surface area contributed by atoms with E-state index in [0.717, 1.165) is 40.9 Å². The van der Waals surface area contributed by atoms with Crippen LogP contribution < -0.4 is 10.9 Å². The Hall–Kier alpha value is -2.47. The maximum Gasteiger partial charge on any atom is 0.263 e. The number of hydrogen-bond donors (Lipinski definition) is 1. The molecule has 158 valence electrons. The second kappa shape index (κ2) is 7.65. The van der Waals surface area contributed by atoms with E-state index in [0.29, 0.717) is 11.3 Å². The van der Waals surface area contributed by atoms with E-state index in [1.165, 1.54) is 15.8 Å². The van der Waals surface area contributed by atoms with Crippen LogP contribution in [0.1, 0.15) is 56.2 Å². The Morgan fingerprint density at radius 3 is 2.73 bits per heavy atom. The molecule has 1 aliphatic rings. The van der Waals surface area contributed by atoms with Gasteiger partial charge in [0.1, 0.15) is 10.9 Å². The third-order valence-corrected chi connectivity index (χ3v) is 7.58. The maximum absolute atomic E-state index is 13.4. The SMILES string of the molecule is Cc1ccccc1NC(=O)[C@H](C)n1cnc2sc3c(c2c1=O)CC[C@@H](C(C)(C)C)C3. The number of aryl methyl sites for hydroxylation is 2. The molecule has 2 atom stereocenters.